The van der Waals surface area contributed by atoms with E-state index in [2.05, 4.69) is 16.4 Å². The Kier molecular flexibility index (Phi) is 3.10. The van der Waals surface area contributed by atoms with Crippen molar-refractivity contribution in [3.05, 3.63) is 29.6 Å². The molecule has 0 saturated carbocycles. The molecule has 0 amide bonds. The monoisotopic (exact) mass is 270 g/mol. The fourth-order valence-corrected chi connectivity index (χ4v) is 4.49. The SMILES string of the molecule is O=C(CC1CC2CCC(C1)N2)C1CCc2cccnc21. The number of nitrogens with one attached hydrogen (secondary N) is 1. The van der Waals surface area contributed by atoms with Gasteiger partial charge in [-0.25, -0.2) is 0 Å². The molecule has 3 unspecified atom stereocenters. The quantitative estimate of drug-likeness (QED) is 0.918. The van der Waals surface area contributed by atoms with Gasteiger partial charge in [-0.1, -0.05) is 6.07 Å². The van der Waals surface area contributed by atoms with Gasteiger partial charge >= 0.3 is 0 Å². The fraction of sp³-hybridized carbons (Fsp3) is 0.647. The zero-order valence-corrected chi connectivity index (χ0v) is 11.8. The van der Waals surface area contributed by atoms with Crippen molar-refractivity contribution in [2.45, 2.75) is 62.9 Å². The Labute approximate surface area is 120 Å². The maximum Gasteiger partial charge on any atom is 0.142 e. The van der Waals surface area contributed by atoms with Crippen molar-refractivity contribution in [2.24, 2.45) is 5.92 Å². The highest BCUT2D eigenvalue weighted by molar-refractivity contribution is 5.86. The van der Waals surface area contributed by atoms with Crippen LogP contribution in [0.4, 0.5) is 0 Å². The second kappa shape index (κ2) is 4.96. The number of Topliss-reactive ketones (excluding diaryl/α,β-unsaturated/α-hetero) is 1. The number of carbonyl (C=O) groups is 1. The minimum Gasteiger partial charge on any atom is -0.311 e. The summed E-state index contributed by atoms with van der Waals surface area (Å²) in [6, 6.07) is 5.47. The van der Waals surface area contributed by atoms with Crippen molar-refractivity contribution in [1.29, 1.82) is 0 Å². The number of piperidine rings is 1. The van der Waals surface area contributed by atoms with Crippen LogP contribution in [-0.4, -0.2) is 22.9 Å². The normalized spacial score (nSPS) is 35.0. The van der Waals surface area contributed by atoms with Gasteiger partial charge in [0.25, 0.3) is 0 Å². The number of aromatic nitrogens is 1. The molecule has 2 saturated heterocycles. The highest BCUT2D eigenvalue weighted by Gasteiger charge is 2.36. The molecule has 2 aliphatic heterocycles. The molecular weight excluding hydrogens is 248 g/mol. The largest absolute Gasteiger partial charge is 0.311 e. The first-order valence-corrected chi connectivity index (χ1v) is 8.02. The molecule has 3 aliphatic rings. The summed E-state index contributed by atoms with van der Waals surface area (Å²) in [4.78, 5) is 17.1. The van der Waals surface area contributed by atoms with E-state index in [-0.39, 0.29) is 5.92 Å². The molecule has 1 aromatic heterocycles. The highest BCUT2D eigenvalue weighted by atomic mass is 16.1. The Morgan fingerprint density at radius 1 is 1.25 bits per heavy atom. The van der Waals surface area contributed by atoms with Crippen molar-refractivity contribution >= 4 is 5.78 Å². The second-order valence-electron chi connectivity index (χ2n) is 6.78. The molecule has 1 aromatic rings. The third-order valence-electron chi connectivity index (χ3n) is 5.41. The number of pyridine rings is 1. The van der Waals surface area contributed by atoms with Crippen LogP contribution in [0.25, 0.3) is 0 Å². The first-order chi connectivity index (χ1) is 9.79. The number of hydrogen-bond donors (Lipinski definition) is 1. The maximum absolute atomic E-state index is 12.6. The topological polar surface area (TPSA) is 42.0 Å². The maximum atomic E-state index is 12.6. The lowest BCUT2D eigenvalue weighted by Crippen LogP contribution is -2.38. The minimum atomic E-state index is 0.0822. The van der Waals surface area contributed by atoms with Crippen LogP contribution >= 0.6 is 0 Å². The molecule has 3 heteroatoms. The fourth-order valence-electron chi connectivity index (χ4n) is 4.49. The average molecular weight is 270 g/mol. The van der Waals surface area contributed by atoms with Gasteiger partial charge in [0.15, 0.2) is 0 Å². The first kappa shape index (κ1) is 12.5. The molecule has 1 aliphatic carbocycles. The lowest BCUT2D eigenvalue weighted by molar-refractivity contribution is -0.121. The van der Waals surface area contributed by atoms with Crippen molar-refractivity contribution in [3.8, 4) is 0 Å². The van der Waals surface area contributed by atoms with Gasteiger partial charge in [0.1, 0.15) is 5.78 Å². The highest BCUT2D eigenvalue weighted by Crippen LogP contribution is 2.37. The molecule has 4 rings (SSSR count). The Balaban J connectivity index is 1.44. The van der Waals surface area contributed by atoms with Crippen molar-refractivity contribution in [3.63, 3.8) is 0 Å². The van der Waals surface area contributed by atoms with E-state index in [0.717, 1.165) is 25.0 Å². The Morgan fingerprint density at radius 2 is 2.05 bits per heavy atom. The Morgan fingerprint density at radius 3 is 2.85 bits per heavy atom. The summed E-state index contributed by atoms with van der Waals surface area (Å²) < 4.78 is 0. The smallest absolute Gasteiger partial charge is 0.142 e. The number of carbonyl (C=O) groups excluding carboxylic acids is 1. The van der Waals surface area contributed by atoms with Crippen molar-refractivity contribution in [1.82, 2.24) is 10.3 Å². The van der Waals surface area contributed by atoms with E-state index in [4.69, 9.17) is 0 Å². The van der Waals surface area contributed by atoms with Crippen LogP contribution in [0, 0.1) is 5.92 Å². The lowest BCUT2D eigenvalue weighted by Gasteiger charge is -2.29. The van der Waals surface area contributed by atoms with E-state index < -0.39 is 0 Å². The van der Waals surface area contributed by atoms with Gasteiger partial charge in [-0.2, -0.15) is 0 Å². The van der Waals surface area contributed by atoms with Gasteiger partial charge in [0.2, 0.25) is 0 Å². The summed E-state index contributed by atoms with van der Waals surface area (Å²) >= 11 is 0. The van der Waals surface area contributed by atoms with Gasteiger partial charge in [-0.15, -0.1) is 0 Å². The molecule has 3 nitrogen and oxygen atoms in total. The van der Waals surface area contributed by atoms with E-state index in [0.29, 0.717) is 23.8 Å². The predicted octanol–water partition coefficient (Wildman–Crippen LogP) is 2.60. The van der Waals surface area contributed by atoms with E-state index >= 15 is 0 Å². The Bertz CT molecular complexity index is 515. The summed E-state index contributed by atoms with van der Waals surface area (Å²) in [5.74, 6) is 1.13. The predicted molar refractivity (Wildman–Crippen MR) is 77.6 cm³/mol. The third-order valence-corrected chi connectivity index (χ3v) is 5.41. The average Bonchev–Trinajstić information content (AvgIpc) is 3.02. The summed E-state index contributed by atoms with van der Waals surface area (Å²) in [6.07, 6.45) is 9.62. The molecule has 2 bridgehead atoms. The first-order valence-electron chi connectivity index (χ1n) is 8.02. The van der Waals surface area contributed by atoms with Crippen LogP contribution in [-0.2, 0) is 11.2 Å². The van der Waals surface area contributed by atoms with Gasteiger partial charge < -0.3 is 5.32 Å². The number of hydrogen-bond acceptors (Lipinski definition) is 3. The minimum absolute atomic E-state index is 0.0822. The van der Waals surface area contributed by atoms with Gasteiger partial charge in [-0.05, 0) is 56.1 Å². The summed E-state index contributed by atoms with van der Waals surface area (Å²) in [5.41, 5.74) is 2.35. The summed E-state index contributed by atoms with van der Waals surface area (Å²) in [7, 11) is 0. The van der Waals surface area contributed by atoms with Crippen LogP contribution in [0.5, 0.6) is 0 Å². The van der Waals surface area contributed by atoms with Crippen LogP contribution in [0.2, 0.25) is 0 Å². The zero-order chi connectivity index (χ0) is 13.5. The molecule has 3 atom stereocenters. The molecule has 3 heterocycles. The number of fused-ring (bicyclic) bond motifs is 3. The lowest BCUT2D eigenvalue weighted by atomic mass is 9.84. The van der Waals surface area contributed by atoms with Crippen LogP contribution in [0.3, 0.4) is 0 Å². The van der Waals surface area contributed by atoms with E-state index in [9.17, 15) is 4.79 Å². The molecule has 1 N–H and O–H groups in total. The summed E-state index contributed by atoms with van der Waals surface area (Å²) in [5, 5.41) is 3.66. The van der Waals surface area contributed by atoms with E-state index in [1.165, 1.54) is 31.2 Å². The molecule has 2 fully saturated rings. The number of nitrogens with zero attached hydrogens (tertiary/aromatic N) is 1. The van der Waals surface area contributed by atoms with E-state index in [1.807, 2.05) is 12.3 Å². The molecule has 0 aromatic carbocycles. The zero-order valence-electron chi connectivity index (χ0n) is 11.8. The second-order valence-corrected chi connectivity index (χ2v) is 6.78. The number of rotatable bonds is 3. The van der Waals surface area contributed by atoms with Gasteiger partial charge in [0.05, 0.1) is 11.6 Å². The third kappa shape index (κ3) is 2.18. The molecule has 20 heavy (non-hydrogen) atoms. The van der Waals surface area contributed by atoms with Gasteiger partial charge in [-0.3, -0.25) is 9.78 Å². The number of ketones is 1. The van der Waals surface area contributed by atoms with Gasteiger partial charge in [0, 0.05) is 24.7 Å². The molecular formula is C17H22N2O. The van der Waals surface area contributed by atoms with Crippen molar-refractivity contribution in [2.75, 3.05) is 0 Å². The Hall–Kier alpha value is -1.22. The molecule has 0 spiro atoms. The molecule has 106 valence electrons. The van der Waals surface area contributed by atoms with E-state index in [1.54, 1.807) is 0 Å². The van der Waals surface area contributed by atoms with Crippen LogP contribution in [0.1, 0.15) is 55.7 Å². The van der Waals surface area contributed by atoms with Crippen LogP contribution in [0.15, 0.2) is 18.3 Å². The van der Waals surface area contributed by atoms with Crippen molar-refractivity contribution < 1.29 is 4.79 Å². The summed E-state index contributed by atoms with van der Waals surface area (Å²) in [6.45, 7) is 0. The standard InChI is InChI=1S/C17H22N2O/c20-16(10-11-8-13-4-5-14(9-11)19-13)15-6-3-12-2-1-7-18-17(12)15/h1-2,7,11,13-15,19H,3-6,8-10H2. The molecule has 0 radical (unpaired) electrons. The number of aryl methyl sites for hydroxylation is 1. The van der Waals surface area contributed by atoms with Crippen LogP contribution < -0.4 is 5.32 Å².